The molecule has 0 saturated heterocycles. The van der Waals surface area contributed by atoms with Crippen molar-refractivity contribution in [1.29, 1.82) is 0 Å². The lowest BCUT2D eigenvalue weighted by Crippen LogP contribution is -2.31. The van der Waals surface area contributed by atoms with Gasteiger partial charge in [-0.15, -0.1) is 15.7 Å². The van der Waals surface area contributed by atoms with E-state index >= 15 is 0 Å². The topological polar surface area (TPSA) is 107 Å². The molecule has 0 radical (unpaired) electrons. The van der Waals surface area contributed by atoms with Crippen molar-refractivity contribution in [2.75, 3.05) is 5.32 Å². The molecular formula is C19H19N3O4S2. The third kappa shape index (κ3) is 3.02. The van der Waals surface area contributed by atoms with Crippen LogP contribution in [-0.2, 0) is 6.54 Å². The highest BCUT2D eigenvalue weighted by Crippen LogP contribution is 2.55. The molecule has 0 fully saturated rings. The zero-order valence-corrected chi connectivity index (χ0v) is 16.8. The van der Waals surface area contributed by atoms with Crippen molar-refractivity contribution in [2.24, 2.45) is 4.40 Å². The van der Waals surface area contributed by atoms with Gasteiger partial charge in [0.1, 0.15) is 21.0 Å². The molecule has 0 amide bonds. The number of aromatic nitrogens is 1. The third-order valence-corrected chi connectivity index (χ3v) is 6.73. The molecular weight excluding hydrogens is 398 g/mol. The summed E-state index contributed by atoms with van der Waals surface area (Å²) in [5, 5.41) is 16.1. The second kappa shape index (κ2) is 6.78. The highest BCUT2D eigenvalue weighted by Gasteiger charge is 2.30. The fourth-order valence-electron chi connectivity index (χ4n) is 3.05. The maximum atomic E-state index is 13.2. The molecule has 0 aliphatic carbocycles. The number of nitrogens with zero attached hydrogens (tertiary/aromatic N) is 2. The van der Waals surface area contributed by atoms with E-state index in [9.17, 15) is 19.0 Å². The van der Waals surface area contributed by atoms with Crippen molar-refractivity contribution in [1.82, 2.24) is 4.57 Å². The minimum Gasteiger partial charge on any atom is -0.506 e. The minimum absolute atomic E-state index is 0.0553. The van der Waals surface area contributed by atoms with Gasteiger partial charge in [-0.05, 0) is 37.4 Å². The van der Waals surface area contributed by atoms with Crippen LogP contribution < -0.4 is 10.9 Å². The molecule has 1 aliphatic rings. The first-order chi connectivity index (χ1) is 13.3. The lowest BCUT2D eigenvalue weighted by atomic mass is 10.1. The van der Waals surface area contributed by atoms with Crippen LogP contribution in [0.5, 0.6) is 5.75 Å². The van der Waals surface area contributed by atoms with Crippen LogP contribution in [0.3, 0.4) is 0 Å². The van der Waals surface area contributed by atoms with E-state index < -0.39 is 16.3 Å². The zero-order chi connectivity index (χ0) is 20.1. The summed E-state index contributed by atoms with van der Waals surface area (Å²) in [7, 11) is -3.49. The van der Waals surface area contributed by atoms with Crippen molar-refractivity contribution in [3.05, 3.63) is 63.3 Å². The maximum Gasteiger partial charge on any atom is 0.266 e. The Morgan fingerprint density at radius 2 is 2.04 bits per heavy atom. The number of allylic oxidation sites excluding steroid dienone is 2. The second-order valence-electron chi connectivity index (χ2n) is 6.64. The molecule has 4 N–H and O–H groups in total. The van der Waals surface area contributed by atoms with E-state index in [2.05, 4.69) is 9.71 Å². The summed E-state index contributed by atoms with van der Waals surface area (Å²) in [6.07, 6.45) is 1.92. The fraction of sp³-hybridized carbons (Fsp3) is 0.158. The molecule has 7 nitrogen and oxygen atoms in total. The van der Waals surface area contributed by atoms with Gasteiger partial charge in [-0.3, -0.25) is 18.5 Å². The highest BCUT2D eigenvalue weighted by molar-refractivity contribution is 8.23. The number of benzene rings is 1. The summed E-state index contributed by atoms with van der Waals surface area (Å²) < 4.78 is 26.5. The van der Waals surface area contributed by atoms with Crippen LogP contribution in [0.4, 0.5) is 5.69 Å². The van der Waals surface area contributed by atoms with Crippen LogP contribution in [0, 0.1) is 0 Å². The van der Waals surface area contributed by atoms with E-state index in [0.717, 1.165) is 5.57 Å². The highest BCUT2D eigenvalue weighted by atomic mass is 32.3. The summed E-state index contributed by atoms with van der Waals surface area (Å²) in [4.78, 5) is 14.1. The molecule has 2 aromatic heterocycles. The number of anilines is 1. The van der Waals surface area contributed by atoms with Crippen molar-refractivity contribution in [3.8, 4) is 5.75 Å². The lowest BCUT2D eigenvalue weighted by molar-refractivity contribution is 0.478. The normalized spacial score (nSPS) is 16.1. The predicted molar refractivity (Wildman–Crippen MR) is 115 cm³/mol. The molecule has 28 heavy (non-hydrogen) atoms. The van der Waals surface area contributed by atoms with Crippen LogP contribution in [-0.4, -0.2) is 24.6 Å². The summed E-state index contributed by atoms with van der Waals surface area (Å²) in [6, 6.07) is 8.37. The number of fused-ring (bicyclic) bond motifs is 2. The molecule has 4 rings (SSSR count). The lowest BCUT2D eigenvalue weighted by Gasteiger charge is -2.34. The quantitative estimate of drug-likeness (QED) is 0.465. The first-order valence-electron chi connectivity index (χ1n) is 8.50. The predicted octanol–water partition coefficient (Wildman–Crippen LogP) is 4.63. The summed E-state index contributed by atoms with van der Waals surface area (Å²) >= 11 is 1.36. The largest absolute Gasteiger partial charge is 0.506 e. The number of hydrogen-bond acceptors (Lipinski definition) is 7. The number of thiophene rings is 1. The Labute approximate surface area is 166 Å². The molecule has 0 atom stereocenters. The number of para-hydroxylation sites is 1. The maximum absolute atomic E-state index is 13.2. The number of nitrogens with one attached hydrogen (secondary N) is 1. The minimum atomic E-state index is -3.49. The van der Waals surface area contributed by atoms with Gasteiger partial charge in [-0.1, -0.05) is 34.6 Å². The number of rotatable bonds is 3. The van der Waals surface area contributed by atoms with Gasteiger partial charge < -0.3 is 10.4 Å². The number of amidine groups is 1. The van der Waals surface area contributed by atoms with Gasteiger partial charge in [0.2, 0.25) is 0 Å². The van der Waals surface area contributed by atoms with E-state index in [1.54, 1.807) is 40.3 Å². The van der Waals surface area contributed by atoms with Gasteiger partial charge in [-0.2, -0.15) is 0 Å². The van der Waals surface area contributed by atoms with Crippen LogP contribution in [0.15, 0.2) is 61.4 Å². The number of pyridine rings is 1. The van der Waals surface area contributed by atoms with Gasteiger partial charge in [0.25, 0.3) is 5.56 Å². The fourth-order valence-corrected chi connectivity index (χ4v) is 5.13. The Morgan fingerprint density at radius 1 is 1.29 bits per heavy atom. The molecule has 3 aromatic rings. The van der Waals surface area contributed by atoms with Gasteiger partial charge >= 0.3 is 0 Å². The summed E-state index contributed by atoms with van der Waals surface area (Å²) in [5.74, 6) is -0.282. The van der Waals surface area contributed by atoms with Crippen LogP contribution in [0.25, 0.3) is 10.2 Å². The Bertz CT molecular complexity index is 1200. The SMILES string of the molecule is CC(C)=CCn1c(=O)c(C2=NS(O)(O)c3ccccc3N2)c(O)c2ccsc21. The van der Waals surface area contributed by atoms with E-state index in [1.165, 1.54) is 11.3 Å². The number of hydrogen-bond donors (Lipinski definition) is 4. The average molecular weight is 418 g/mol. The molecule has 0 saturated carbocycles. The van der Waals surface area contributed by atoms with Crippen molar-refractivity contribution < 1.29 is 14.2 Å². The molecule has 1 aromatic carbocycles. The molecule has 0 unspecified atom stereocenters. The van der Waals surface area contributed by atoms with E-state index in [0.29, 0.717) is 22.4 Å². The molecule has 146 valence electrons. The molecule has 3 heterocycles. The molecule has 0 spiro atoms. The van der Waals surface area contributed by atoms with Gasteiger partial charge in [0, 0.05) is 6.54 Å². The second-order valence-corrected chi connectivity index (χ2v) is 9.19. The van der Waals surface area contributed by atoms with Crippen molar-refractivity contribution in [3.63, 3.8) is 0 Å². The smallest absolute Gasteiger partial charge is 0.266 e. The zero-order valence-electron chi connectivity index (χ0n) is 15.2. The van der Waals surface area contributed by atoms with E-state index in [4.69, 9.17) is 0 Å². The third-order valence-electron chi connectivity index (χ3n) is 4.41. The molecule has 1 aliphatic heterocycles. The monoisotopic (exact) mass is 417 g/mol. The first kappa shape index (κ1) is 18.8. The Hall–Kier alpha value is -2.59. The van der Waals surface area contributed by atoms with Crippen LogP contribution in [0.2, 0.25) is 0 Å². The van der Waals surface area contributed by atoms with Gasteiger partial charge in [0.05, 0.1) is 11.1 Å². The summed E-state index contributed by atoms with van der Waals surface area (Å²) in [6.45, 7) is 4.22. The Morgan fingerprint density at radius 3 is 2.79 bits per heavy atom. The van der Waals surface area contributed by atoms with Crippen molar-refractivity contribution >= 4 is 43.9 Å². The van der Waals surface area contributed by atoms with Gasteiger partial charge in [0.15, 0.2) is 5.84 Å². The first-order valence-corrected chi connectivity index (χ1v) is 10.9. The van der Waals surface area contributed by atoms with Gasteiger partial charge in [-0.25, -0.2) is 0 Å². The van der Waals surface area contributed by atoms with E-state index in [1.807, 2.05) is 19.9 Å². The summed E-state index contributed by atoms with van der Waals surface area (Å²) in [5.41, 5.74) is 0.961. The van der Waals surface area contributed by atoms with E-state index in [-0.39, 0.29) is 22.0 Å². The van der Waals surface area contributed by atoms with Crippen LogP contribution in [0.1, 0.15) is 19.4 Å². The average Bonchev–Trinajstić information content (AvgIpc) is 3.11. The molecule has 0 bridgehead atoms. The standard InChI is InChI=1S/C19H19N3O4S2/c1-11(2)7-9-22-18(24)15(16(23)12-8-10-27-19(12)22)17-20-13-5-3-4-6-14(13)28(25,26)21-17/h3-8,10,23,25-26H,9H2,1-2H3,(H,20,21). The molecule has 9 heteroatoms. The van der Waals surface area contributed by atoms with Crippen LogP contribution >= 0.6 is 22.1 Å². The Balaban J connectivity index is 1.96. The number of aromatic hydroxyl groups is 1. The van der Waals surface area contributed by atoms with Crippen molar-refractivity contribution in [2.45, 2.75) is 25.3 Å². The Kier molecular flexibility index (Phi) is 4.54.